The van der Waals surface area contributed by atoms with Gasteiger partial charge in [0, 0.05) is 54.5 Å². The minimum Gasteiger partial charge on any atom is -0.380 e. The van der Waals surface area contributed by atoms with Crippen molar-refractivity contribution in [2.45, 2.75) is 31.5 Å². The number of rotatable bonds is 5. The van der Waals surface area contributed by atoms with Crippen molar-refractivity contribution in [2.75, 3.05) is 23.8 Å². The van der Waals surface area contributed by atoms with Crippen LogP contribution in [0.5, 0.6) is 0 Å². The Labute approximate surface area is 208 Å². The molecule has 36 heavy (non-hydrogen) atoms. The third kappa shape index (κ3) is 3.46. The van der Waals surface area contributed by atoms with Gasteiger partial charge in [-0.05, 0) is 31.0 Å². The molecular formula is C27H26N6O3. The van der Waals surface area contributed by atoms with Crippen molar-refractivity contribution in [1.82, 2.24) is 20.0 Å². The van der Waals surface area contributed by atoms with E-state index in [1.807, 2.05) is 29.2 Å². The highest BCUT2D eigenvalue weighted by Crippen LogP contribution is 2.36. The number of imide groups is 1. The van der Waals surface area contributed by atoms with Gasteiger partial charge in [-0.3, -0.25) is 24.0 Å². The highest BCUT2D eigenvalue weighted by molar-refractivity contribution is 6.25. The van der Waals surface area contributed by atoms with Gasteiger partial charge in [0.2, 0.25) is 5.91 Å². The summed E-state index contributed by atoms with van der Waals surface area (Å²) in [7, 11) is 2.08. The van der Waals surface area contributed by atoms with Crippen LogP contribution >= 0.6 is 0 Å². The third-order valence-electron chi connectivity index (χ3n) is 7.19. The smallest absolute Gasteiger partial charge is 0.264 e. The molecule has 3 aliphatic heterocycles. The zero-order valence-corrected chi connectivity index (χ0v) is 19.9. The number of hydrogen-bond acceptors (Lipinski definition) is 6. The second kappa shape index (κ2) is 8.37. The van der Waals surface area contributed by atoms with Gasteiger partial charge in [-0.1, -0.05) is 30.8 Å². The van der Waals surface area contributed by atoms with Crippen LogP contribution in [0.25, 0.3) is 0 Å². The first-order chi connectivity index (χ1) is 17.4. The second-order valence-electron chi connectivity index (χ2n) is 9.49. The van der Waals surface area contributed by atoms with Crippen molar-refractivity contribution in [1.29, 1.82) is 0 Å². The van der Waals surface area contributed by atoms with E-state index in [4.69, 9.17) is 0 Å². The van der Waals surface area contributed by atoms with E-state index in [0.717, 1.165) is 17.0 Å². The molecule has 1 saturated heterocycles. The topological polar surface area (TPSA) is 99.6 Å². The van der Waals surface area contributed by atoms with E-state index in [-0.39, 0.29) is 11.9 Å². The van der Waals surface area contributed by atoms with Crippen molar-refractivity contribution in [2.24, 2.45) is 0 Å². The number of nitrogens with zero attached hydrogens (tertiary/aromatic N) is 4. The maximum atomic E-state index is 13.3. The molecule has 9 heteroatoms. The molecule has 3 aliphatic rings. The van der Waals surface area contributed by atoms with Crippen LogP contribution in [-0.4, -0.2) is 52.0 Å². The lowest BCUT2D eigenvalue weighted by Gasteiger charge is -2.29. The van der Waals surface area contributed by atoms with Gasteiger partial charge in [0.25, 0.3) is 11.8 Å². The number of likely N-dealkylation sites (N-methyl/N-ethyl adjacent to an activating group) is 1. The summed E-state index contributed by atoms with van der Waals surface area (Å²) in [5.74, 6) is -1.27. The lowest BCUT2D eigenvalue weighted by molar-refractivity contribution is -0.125. The zero-order chi connectivity index (χ0) is 25.0. The Morgan fingerprint density at radius 3 is 2.75 bits per heavy atom. The van der Waals surface area contributed by atoms with Gasteiger partial charge in [0.1, 0.15) is 6.04 Å². The highest BCUT2D eigenvalue weighted by Gasteiger charge is 2.45. The van der Waals surface area contributed by atoms with Crippen LogP contribution in [-0.2, 0) is 11.3 Å². The molecule has 0 aliphatic carbocycles. The molecule has 0 bridgehead atoms. The SMILES string of the molecule is C=C1CCC(N2C(=O)c3cccc(NCc4cnn(C5CN(C)c6ccccc65)c4)c3C2=O)C(=O)N1. The van der Waals surface area contributed by atoms with Crippen molar-refractivity contribution in [3.63, 3.8) is 0 Å². The summed E-state index contributed by atoms with van der Waals surface area (Å²) < 4.78 is 1.97. The van der Waals surface area contributed by atoms with Crippen molar-refractivity contribution >= 4 is 29.1 Å². The number of piperidine rings is 1. The van der Waals surface area contributed by atoms with Gasteiger partial charge in [0.15, 0.2) is 0 Å². The molecule has 182 valence electrons. The molecule has 3 aromatic rings. The standard InChI is InChI=1S/C27H26N6O3/c1-16-10-11-22(25(34)30-16)33-26(35)19-7-5-8-20(24(19)27(33)36)28-12-17-13-29-32(14-17)23-15-31(2)21-9-4-3-6-18(21)23/h3-9,13-14,22-23,28H,1,10-12,15H2,2H3,(H,30,34). The molecule has 2 aromatic carbocycles. The monoisotopic (exact) mass is 482 g/mol. The Bertz CT molecular complexity index is 1430. The van der Waals surface area contributed by atoms with Crippen LogP contribution in [0, 0.1) is 0 Å². The Balaban J connectivity index is 1.20. The first-order valence-corrected chi connectivity index (χ1v) is 12.0. The number of carbonyl (C=O) groups excluding carboxylic acids is 3. The molecule has 2 atom stereocenters. The third-order valence-corrected chi connectivity index (χ3v) is 7.19. The van der Waals surface area contributed by atoms with Crippen LogP contribution < -0.4 is 15.5 Å². The molecule has 0 saturated carbocycles. The minimum absolute atomic E-state index is 0.131. The van der Waals surface area contributed by atoms with Gasteiger partial charge in [-0.25, -0.2) is 0 Å². The Kier molecular flexibility index (Phi) is 5.13. The van der Waals surface area contributed by atoms with Gasteiger partial charge >= 0.3 is 0 Å². The summed E-state index contributed by atoms with van der Waals surface area (Å²) in [6.07, 6.45) is 4.72. The van der Waals surface area contributed by atoms with E-state index in [9.17, 15) is 14.4 Å². The van der Waals surface area contributed by atoms with E-state index < -0.39 is 17.9 Å². The summed E-state index contributed by atoms with van der Waals surface area (Å²) in [6, 6.07) is 12.8. The van der Waals surface area contributed by atoms with Crippen LogP contribution in [0.3, 0.4) is 0 Å². The van der Waals surface area contributed by atoms with E-state index in [1.54, 1.807) is 18.2 Å². The van der Waals surface area contributed by atoms with Gasteiger partial charge in [-0.15, -0.1) is 0 Å². The fourth-order valence-electron chi connectivity index (χ4n) is 5.38. The average molecular weight is 483 g/mol. The number of anilines is 2. The number of nitrogens with one attached hydrogen (secondary N) is 2. The molecule has 4 heterocycles. The van der Waals surface area contributed by atoms with Gasteiger partial charge < -0.3 is 15.5 Å². The largest absolute Gasteiger partial charge is 0.380 e. The first-order valence-electron chi connectivity index (χ1n) is 12.0. The molecule has 6 rings (SSSR count). The maximum Gasteiger partial charge on any atom is 0.264 e. The summed E-state index contributed by atoms with van der Waals surface area (Å²) in [5, 5.41) is 10.6. The fraction of sp³-hybridized carbons (Fsp3) is 0.259. The number of carbonyl (C=O) groups is 3. The number of amides is 3. The molecule has 2 N–H and O–H groups in total. The molecular weight excluding hydrogens is 456 g/mol. The predicted molar refractivity (Wildman–Crippen MR) is 135 cm³/mol. The average Bonchev–Trinajstić information content (AvgIpc) is 3.54. The molecule has 0 radical (unpaired) electrons. The Morgan fingerprint density at radius 2 is 1.92 bits per heavy atom. The number of fused-ring (bicyclic) bond motifs is 2. The zero-order valence-electron chi connectivity index (χ0n) is 19.9. The number of benzene rings is 2. The first kappa shape index (κ1) is 22.1. The van der Waals surface area contributed by atoms with E-state index in [2.05, 4.69) is 46.4 Å². The molecule has 3 amide bonds. The van der Waals surface area contributed by atoms with Crippen LogP contribution in [0.4, 0.5) is 11.4 Å². The fourth-order valence-corrected chi connectivity index (χ4v) is 5.38. The summed E-state index contributed by atoms with van der Waals surface area (Å²) in [6.45, 7) is 5.05. The second-order valence-corrected chi connectivity index (χ2v) is 9.49. The number of allylic oxidation sites excluding steroid dienone is 1. The number of aromatic nitrogens is 2. The minimum atomic E-state index is -0.832. The molecule has 2 unspecified atom stereocenters. The van der Waals surface area contributed by atoms with Crippen molar-refractivity contribution in [3.8, 4) is 0 Å². The lowest BCUT2D eigenvalue weighted by atomic mass is 10.0. The maximum absolute atomic E-state index is 13.3. The number of para-hydroxylation sites is 1. The summed E-state index contributed by atoms with van der Waals surface area (Å²) in [4.78, 5) is 42.2. The molecule has 1 aromatic heterocycles. The van der Waals surface area contributed by atoms with Gasteiger partial charge in [0.05, 0.1) is 23.4 Å². The summed E-state index contributed by atoms with van der Waals surface area (Å²) >= 11 is 0. The van der Waals surface area contributed by atoms with Crippen molar-refractivity contribution < 1.29 is 14.4 Å². The van der Waals surface area contributed by atoms with Crippen LogP contribution in [0.1, 0.15) is 50.7 Å². The van der Waals surface area contributed by atoms with E-state index in [1.165, 1.54) is 11.3 Å². The highest BCUT2D eigenvalue weighted by atomic mass is 16.2. The van der Waals surface area contributed by atoms with Crippen molar-refractivity contribution in [3.05, 3.63) is 89.4 Å². The molecule has 0 spiro atoms. The van der Waals surface area contributed by atoms with Crippen LogP contribution in [0.2, 0.25) is 0 Å². The molecule has 9 nitrogen and oxygen atoms in total. The van der Waals surface area contributed by atoms with E-state index >= 15 is 0 Å². The van der Waals surface area contributed by atoms with E-state index in [0.29, 0.717) is 41.9 Å². The Hall–Kier alpha value is -4.40. The van der Waals surface area contributed by atoms with Crippen LogP contribution in [0.15, 0.2) is 67.1 Å². The summed E-state index contributed by atoms with van der Waals surface area (Å²) in [5.41, 5.74) is 5.18. The quantitative estimate of drug-likeness (QED) is 0.543. The Morgan fingerprint density at radius 1 is 1.08 bits per heavy atom. The number of hydrogen-bond donors (Lipinski definition) is 2. The normalized spacial score (nSPS) is 21.0. The lowest BCUT2D eigenvalue weighted by Crippen LogP contribution is -2.51. The van der Waals surface area contributed by atoms with Gasteiger partial charge in [-0.2, -0.15) is 5.10 Å². The molecule has 1 fully saturated rings. The predicted octanol–water partition coefficient (Wildman–Crippen LogP) is 2.92.